The van der Waals surface area contributed by atoms with Crippen molar-refractivity contribution in [3.05, 3.63) is 127 Å². The highest BCUT2D eigenvalue weighted by Gasteiger charge is 2.20. The molecule has 0 atom stereocenters. The molecule has 33 heavy (non-hydrogen) atoms. The van der Waals surface area contributed by atoms with Crippen molar-refractivity contribution in [1.29, 1.82) is 0 Å². The maximum atomic E-state index is 13.4. The van der Waals surface area contributed by atoms with Gasteiger partial charge in [-0.1, -0.05) is 54.1 Å². The van der Waals surface area contributed by atoms with E-state index in [9.17, 15) is 18.8 Å². The van der Waals surface area contributed by atoms with E-state index in [1.807, 2.05) is 6.07 Å². The molecule has 0 unspecified atom stereocenters. The van der Waals surface area contributed by atoms with E-state index in [0.717, 1.165) is 9.25 Å². The van der Waals surface area contributed by atoms with E-state index in [1.165, 1.54) is 18.2 Å². The molecule has 9 heteroatoms. The molecule has 0 bridgehead atoms. The van der Waals surface area contributed by atoms with Gasteiger partial charge in [-0.2, -0.15) is 9.78 Å². The lowest BCUT2D eigenvalue weighted by molar-refractivity contribution is 0.0941. The quantitative estimate of drug-likeness (QED) is 0.475. The third kappa shape index (κ3) is 5.07. The number of nitrogens with zero attached hydrogens (tertiary/aromatic N) is 3. The van der Waals surface area contributed by atoms with E-state index in [0.29, 0.717) is 21.8 Å². The van der Waals surface area contributed by atoms with E-state index in [2.05, 4.69) is 10.4 Å². The fourth-order valence-corrected chi connectivity index (χ4v) is 3.35. The summed E-state index contributed by atoms with van der Waals surface area (Å²) in [6.07, 6.45) is 0. The fourth-order valence-electron chi connectivity index (χ4n) is 3.23. The van der Waals surface area contributed by atoms with Crippen LogP contribution in [0.5, 0.6) is 0 Å². The Labute approximate surface area is 192 Å². The van der Waals surface area contributed by atoms with Crippen molar-refractivity contribution in [2.45, 2.75) is 13.1 Å². The number of nitrogens with one attached hydrogen (secondary N) is 1. The van der Waals surface area contributed by atoms with Crippen molar-refractivity contribution in [2.24, 2.45) is 0 Å². The first-order valence-corrected chi connectivity index (χ1v) is 10.4. The molecule has 1 N–H and O–H groups in total. The second-order valence-electron chi connectivity index (χ2n) is 7.21. The third-order valence-electron chi connectivity index (χ3n) is 4.87. The van der Waals surface area contributed by atoms with Crippen molar-refractivity contribution in [3.8, 4) is 5.69 Å². The zero-order valence-corrected chi connectivity index (χ0v) is 18.0. The monoisotopic (exact) mass is 464 g/mol. The molecule has 0 saturated heterocycles. The Morgan fingerprint density at radius 3 is 2.33 bits per heavy atom. The van der Waals surface area contributed by atoms with Crippen LogP contribution in [0.15, 0.2) is 88.5 Å². The maximum Gasteiger partial charge on any atom is 0.352 e. The normalized spacial score (nSPS) is 10.7. The average Bonchev–Trinajstić information content (AvgIpc) is 2.82. The molecule has 166 valence electrons. The van der Waals surface area contributed by atoms with Gasteiger partial charge in [0.2, 0.25) is 5.69 Å². The van der Waals surface area contributed by atoms with Gasteiger partial charge in [0.05, 0.1) is 12.2 Å². The Kier molecular flexibility index (Phi) is 6.46. The number of amides is 1. The molecule has 0 aliphatic heterocycles. The smallest absolute Gasteiger partial charge is 0.346 e. The van der Waals surface area contributed by atoms with E-state index in [4.69, 9.17) is 11.6 Å². The molecule has 0 saturated carbocycles. The van der Waals surface area contributed by atoms with Crippen LogP contribution in [0, 0.1) is 5.82 Å². The molecular weight excluding hydrogens is 447 g/mol. The number of benzene rings is 3. The Balaban J connectivity index is 1.76. The summed E-state index contributed by atoms with van der Waals surface area (Å²) in [6.45, 7) is -0.0603. The summed E-state index contributed by atoms with van der Waals surface area (Å²) in [5.74, 6) is -1.23. The van der Waals surface area contributed by atoms with Gasteiger partial charge in [0.15, 0.2) is 0 Å². The van der Waals surface area contributed by atoms with Gasteiger partial charge in [-0.05, 0) is 47.5 Å². The van der Waals surface area contributed by atoms with Crippen LogP contribution in [0.3, 0.4) is 0 Å². The SMILES string of the molecule is O=C(NCc1cccc(F)c1)c1nn(-c2ccc(Cl)cc2)c(=O)n(Cc2ccccc2)c1=O. The number of hydrogen-bond acceptors (Lipinski definition) is 4. The zero-order valence-electron chi connectivity index (χ0n) is 17.2. The summed E-state index contributed by atoms with van der Waals surface area (Å²) in [6, 6.07) is 20.9. The average molecular weight is 465 g/mol. The Bertz CT molecular complexity index is 1420. The number of halogens is 2. The molecule has 0 radical (unpaired) electrons. The van der Waals surface area contributed by atoms with Crippen LogP contribution in [-0.4, -0.2) is 20.3 Å². The first kappa shape index (κ1) is 22.2. The lowest BCUT2D eigenvalue weighted by Crippen LogP contribution is -2.46. The largest absolute Gasteiger partial charge is 0.352 e. The molecule has 0 spiro atoms. The van der Waals surface area contributed by atoms with Crippen LogP contribution in [0.1, 0.15) is 21.6 Å². The van der Waals surface area contributed by atoms with Gasteiger partial charge in [-0.15, -0.1) is 0 Å². The van der Waals surface area contributed by atoms with Crippen LogP contribution in [0.2, 0.25) is 5.02 Å². The molecule has 1 amide bonds. The first-order chi connectivity index (χ1) is 15.9. The number of hydrogen-bond donors (Lipinski definition) is 1. The van der Waals surface area contributed by atoms with E-state index < -0.39 is 28.7 Å². The number of aromatic nitrogens is 3. The molecule has 1 aromatic heterocycles. The zero-order chi connectivity index (χ0) is 23.4. The van der Waals surface area contributed by atoms with Crippen LogP contribution < -0.4 is 16.6 Å². The maximum absolute atomic E-state index is 13.4. The van der Waals surface area contributed by atoms with Crippen molar-refractivity contribution >= 4 is 17.5 Å². The van der Waals surface area contributed by atoms with Gasteiger partial charge in [0.1, 0.15) is 5.82 Å². The van der Waals surface area contributed by atoms with Crippen molar-refractivity contribution in [3.63, 3.8) is 0 Å². The Morgan fingerprint density at radius 2 is 1.64 bits per heavy atom. The molecule has 0 aliphatic carbocycles. The molecule has 7 nitrogen and oxygen atoms in total. The minimum atomic E-state index is -0.828. The van der Waals surface area contributed by atoms with Crippen molar-refractivity contribution in [1.82, 2.24) is 19.7 Å². The summed E-state index contributed by atoms with van der Waals surface area (Å²) >= 11 is 5.94. The number of carbonyl (C=O) groups is 1. The van der Waals surface area contributed by atoms with Crippen LogP contribution in [-0.2, 0) is 13.1 Å². The summed E-state index contributed by atoms with van der Waals surface area (Å²) < 4.78 is 15.4. The third-order valence-corrected chi connectivity index (χ3v) is 5.12. The standard InChI is InChI=1S/C24H18ClFN4O3/c25-18-9-11-20(12-10-18)30-24(33)29(15-16-5-2-1-3-6-16)23(32)21(28-30)22(31)27-14-17-7-4-8-19(26)13-17/h1-13H,14-15H2,(H,27,31). The predicted molar refractivity (Wildman–Crippen MR) is 122 cm³/mol. The molecule has 0 aliphatic rings. The number of carbonyl (C=O) groups excluding carboxylic acids is 1. The topological polar surface area (TPSA) is 86.0 Å². The van der Waals surface area contributed by atoms with Crippen LogP contribution >= 0.6 is 11.6 Å². The van der Waals surface area contributed by atoms with Crippen LogP contribution in [0.4, 0.5) is 4.39 Å². The molecule has 3 aromatic carbocycles. The van der Waals surface area contributed by atoms with Crippen LogP contribution in [0.25, 0.3) is 5.69 Å². The summed E-state index contributed by atoms with van der Waals surface area (Å²) in [5, 5.41) is 7.07. The van der Waals surface area contributed by atoms with E-state index in [-0.39, 0.29) is 13.1 Å². The number of rotatable bonds is 6. The summed E-state index contributed by atoms with van der Waals surface area (Å²) in [4.78, 5) is 39.1. The Morgan fingerprint density at radius 1 is 0.939 bits per heavy atom. The first-order valence-electron chi connectivity index (χ1n) is 9.99. The highest BCUT2D eigenvalue weighted by molar-refractivity contribution is 6.30. The van der Waals surface area contributed by atoms with Crippen molar-refractivity contribution < 1.29 is 9.18 Å². The van der Waals surface area contributed by atoms with E-state index >= 15 is 0 Å². The minimum absolute atomic E-state index is 0.0174. The van der Waals surface area contributed by atoms with Gasteiger partial charge in [0.25, 0.3) is 11.5 Å². The molecular formula is C24H18ClFN4O3. The molecule has 1 heterocycles. The van der Waals surface area contributed by atoms with Gasteiger partial charge >= 0.3 is 5.69 Å². The van der Waals surface area contributed by atoms with Gasteiger partial charge in [-0.25, -0.2) is 9.18 Å². The van der Waals surface area contributed by atoms with Gasteiger partial charge in [-0.3, -0.25) is 14.2 Å². The second kappa shape index (κ2) is 9.62. The van der Waals surface area contributed by atoms with Gasteiger partial charge in [0, 0.05) is 11.6 Å². The minimum Gasteiger partial charge on any atom is -0.346 e. The summed E-state index contributed by atoms with van der Waals surface area (Å²) in [7, 11) is 0. The van der Waals surface area contributed by atoms with Gasteiger partial charge < -0.3 is 5.32 Å². The second-order valence-corrected chi connectivity index (χ2v) is 7.65. The lowest BCUT2D eigenvalue weighted by atomic mass is 10.2. The van der Waals surface area contributed by atoms with Crippen molar-refractivity contribution in [2.75, 3.05) is 0 Å². The predicted octanol–water partition coefficient (Wildman–Crippen LogP) is 3.17. The lowest BCUT2D eigenvalue weighted by Gasteiger charge is -2.12. The molecule has 4 aromatic rings. The highest BCUT2D eigenvalue weighted by Crippen LogP contribution is 2.11. The summed E-state index contributed by atoms with van der Waals surface area (Å²) in [5.41, 5.74) is -0.434. The van der Waals surface area contributed by atoms with E-state index in [1.54, 1.807) is 54.6 Å². The molecule has 4 rings (SSSR count). The highest BCUT2D eigenvalue weighted by atomic mass is 35.5. The fraction of sp³-hybridized carbons (Fsp3) is 0.0833. The Hall–Kier alpha value is -4.04. The molecule has 0 fully saturated rings.